The maximum atomic E-state index is 14.9. The van der Waals surface area contributed by atoms with Crippen molar-refractivity contribution in [2.75, 3.05) is 54.6 Å². The largest absolute Gasteiger partial charge is 0.479 e. The molecule has 524 valence electrons. The number of aromatic nitrogens is 2. The second kappa shape index (κ2) is 35.3. The van der Waals surface area contributed by atoms with E-state index in [0.29, 0.717) is 40.4 Å². The molecule has 0 aromatic carbocycles. The first-order chi connectivity index (χ1) is 44.7. The highest BCUT2D eigenvalue weighted by atomic mass is 16.6. The summed E-state index contributed by atoms with van der Waals surface area (Å²) in [5, 5.41) is 98.6. The first kappa shape index (κ1) is 79.7. The van der Waals surface area contributed by atoms with E-state index in [2.05, 4.69) is 20.6 Å². The number of nitrogens with zero attached hydrogens (tertiary/aromatic N) is 4. The van der Waals surface area contributed by atoms with E-state index in [-0.39, 0.29) is 25.9 Å². The standard InChI is InChI=1S/C70H100N6O19/c1-45(29-21-15-17-23-31-51-39-71-43-94-51)57(80)65(7,8)61(84)73-35-27-19-25-33-53(78)47(3)37-55(91-13)69(89)49(5)59(82)75(11)67(69,41-77)64(88)93-42-68(63(86)87)70(90,50(6)60(83)76(68)12)56(92-14)38-48(4)54(79)34-26-20-28-36-74-62(85)66(9,10)58(81)46(2)30-22-16-18-24-32-52-40-72-44-95-52/h15-30,33-34,39-40,43-44,47-50,53-58,77-81,89-90H,31-32,35-38,41-42H2,1-14H3,(H,73,84)(H,74,85)(H,86,87)/b21-15+,22-16+,23-17+,24-18?,27-19+,28-20-,33-25+,34-26+,45-29-,46-30+/t47-,48-,49+,50+,53+,54+,55+,56+,57-,58-,67-,68-,69-,70-/m1/s1. The number of hydrogen-bond donors (Lipinski definition) is 10. The topological polar surface area (TPSA) is 375 Å². The molecule has 25 heteroatoms. The molecule has 10 N–H and O–H groups in total. The van der Waals surface area contributed by atoms with Crippen molar-refractivity contribution < 1.29 is 92.7 Å². The predicted octanol–water partition coefficient (Wildman–Crippen LogP) is 4.38. The molecule has 0 bridgehead atoms. The number of aliphatic carboxylic acids is 1. The van der Waals surface area contributed by atoms with Gasteiger partial charge in [-0.05, 0) is 77.4 Å². The molecule has 2 aromatic rings. The minimum Gasteiger partial charge on any atom is -0.479 e. The number of carbonyl (C=O) groups excluding carboxylic acids is 5. The summed E-state index contributed by atoms with van der Waals surface area (Å²) in [7, 11) is 4.58. The molecule has 0 aliphatic carbocycles. The summed E-state index contributed by atoms with van der Waals surface area (Å²) in [5.41, 5.74) is -12.2. The van der Waals surface area contributed by atoms with E-state index < -0.39 is 142 Å². The summed E-state index contributed by atoms with van der Waals surface area (Å²) in [6.07, 6.45) is 28.9. The smallest absolute Gasteiger partial charge is 0.337 e. The van der Waals surface area contributed by atoms with Gasteiger partial charge in [0.05, 0.1) is 78.3 Å². The number of carbonyl (C=O) groups is 6. The second-order valence-corrected chi connectivity index (χ2v) is 25.6. The number of methoxy groups -OCH3 is 2. The highest BCUT2D eigenvalue weighted by Crippen LogP contribution is 2.51. The number of oxazole rings is 2. The zero-order valence-electron chi connectivity index (χ0n) is 57.0. The fraction of sp³-hybridized carbons (Fsp3) is 0.543. The maximum absolute atomic E-state index is 14.9. The molecule has 25 nitrogen and oxygen atoms in total. The molecule has 0 unspecified atom stereocenters. The van der Waals surface area contributed by atoms with Gasteiger partial charge < -0.3 is 84.3 Å². The van der Waals surface area contributed by atoms with Crippen LogP contribution in [0.5, 0.6) is 0 Å². The third-order valence-electron chi connectivity index (χ3n) is 18.7. The summed E-state index contributed by atoms with van der Waals surface area (Å²) in [5.74, 6) is -9.11. The van der Waals surface area contributed by atoms with Crippen molar-refractivity contribution >= 4 is 35.6 Å². The quantitative estimate of drug-likeness (QED) is 0.0331. The lowest BCUT2D eigenvalue weighted by Crippen LogP contribution is -2.73. The lowest BCUT2D eigenvalue weighted by molar-refractivity contribution is -0.217. The van der Waals surface area contributed by atoms with Gasteiger partial charge in [0.15, 0.2) is 18.3 Å². The van der Waals surface area contributed by atoms with Crippen molar-refractivity contribution in [1.29, 1.82) is 0 Å². The Kier molecular flexibility index (Phi) is 29.6. The van der Waals surface area contributed by atoms with Crippen LogP contribution >= 0.6 is 0 Å². The minimum absolute atomic E-state index is 0.0631. The number of allylic oxidation sites excluding steroid dienone is 14. The average molecular weight is 1330 g/mol. The molecule has 2 aromatic heterocycles. The van der Waals surface area contributed by atoms with Crippen LogP contribution in [0, 0.1) is 34.5 Å². The normalized spacial score (nSPS) is 25.4. The number of likely N-dealkylation sites (N-methyl/N-ethyl adjacent to an activating group) is 2. The number of esters is 1. The number of aliphatic hydroxyl groups excluding tert-OH is 5. The third kappa shape index (κ3) is 17.9. The van der Waals surface area contributed by atoms with Crippen LogP contribution in [0.2, 0.25) is 0 Å². The number of rotatable bonds is 37. The van der Waals surface area contributed by atoms with Crippen molar-refractivity contribution in [3.8, 4) is 0 Å². The third-order valence-corrected chi connectivity index (χ3v) is 18.7. The van der Waals surface area contributed by atoms with Gasteiger partial charge in [-0.1, -0.05) is 137 Å². The number of nitrogens with one attached hydrogen (secondary N) is 2. The molecule has 4 rings (SSSR count). The molecule has 2 aliphatic heterocycles. The van der Waals surface area contributed by atoms with Crippen molar-refractivity contribution in [2.45, 2.75) is 154 Å². The van der Waals surface area contributed by atoms with Crippen molar-refractivity contribution in [1.82, 2.24) is 30.4 Å². The Morgan fingerprint density at radius 3 is 1.37 bits per heavy atom. The Bertz CT molecular complexity index is 3200. The second-order valence-electron chi connectivity index (χ2n) is 25.6. The summed E-state index contributed by atoms with van der Waals surface area (Å²) in [6, 6.07) is 0. The Balaban J connectivity index is 1.43. The van der Waals surface area contributed by atoms with Crippen molar-refractivity contribution in [2.24, 2.45) is 34.5 Å². The van der Waals surface area contributed by atoms with Crippen LogP contribution in [0.25, 0.3) is 0 Å². The van der Waals surface area contributed by atoms with Gasteiger partial charge in [-0.2, -0.15) is 0 Å². The van der Waals surface area contributed by atoms with Crippen molar-refractivity contribution in [3.05, 3.63) is 157 Å². The summed E-state index contributed by atoms with van der Waals surface area (Å²) < 4.78 is 27.8. The van der Waals surface area contributed by atoms with Gasteiger partial charge in [0, 0.05) is 54.2 Å². The zero-order valence-corrected chi connectivity index (χ0v) is 57.0. The first-order valence-corrected chi connectivity index (χ1v) is 31.5. The van der Waals surface area contributed by atoms with Gasteiger partial charge >= 0.3 is 11.9 Å². The number of hydrogen-bond acceptors (Lipinski definition) is 20. The van der Waals surface area contributed by atoms with Crippen LogP contribution in [-0.2, 0) is 55.8 Å². The predicted molar refractivity (Wildman–Crippen MR) is 353 cm³/mol. The van der Waals surface area contributed by atoms with Crippen LogP contribution in [0.1, 0.15) is 93.6 Å². The van der Waals surface area contributed by atoms with E-state index in [9.17, 15) is 69.6 Å². The van der Waals surface area contributed by atoms with Gasteiger partial charge in [0.1, 0.15) is 29.3 Å². The number of likely N-dealkylation sites (tertiary alicyclic amines) is 2. The Hall–Kier alpha value is -7.72. The molecule has 0 spiro atoms. The number of ether oxygens (including phenoxy) is 3. The highest BCUT2D eigenvalue weighted by Gasteiger charge is 2.76. The van der Waals surface area contributed by atoms with Crippen LogP contribution in [0.15, 0.2) is 155 Å². The average Bonchev–Trinajstić information content (AvgIpc) is 1.56. The Morgan fingerprint density at radius 2 is 1.01 bits per heavy atom. The van der Waals surface area contributed by atoms with Gasteiger partial charge in [-0.15, -0.1) is 0 Å². The van der Waals surface area contributed by atoms with E-state index in [4.69, 9.17) is 23.0 Å². The maximum Gasteiger partial charge on any atom is 0.337 e. The van der Waals surface area contributed by atoms with Gasteiger partial charge in [-0.3, -0.25) is 19.2 Å². The molecule has 14 atom stereocenters. The zero-order chi connectivity index (χ0) is 71.3. The molecule has 4 heterocycles. The molecule has 2 fully saturated rings. The van der Waals surface area contributed by atoms with Crippen LogP contribution in [-0.4, -0.2) is 210 Å². The first-order valence-electron chi connectivity index (χ1n) is 31.5. The molecule has 0 saturated carbocycles. The molecule has 0 radical (unpaired) electrons. The molecule has 4 amide bonds. The van der Waals surface area contributed by atoms with Gasteiger partial charge in [0.2, 0.25) is 29.2 Å². The number of aliphatic hydroxyl groups is 7. The van der Waals surface area contributed by atoms with Crippen LogP contribution in [0.4, 0.5) is 0 Å². The van der Waals surface area contributed by atoms with E-state index in [0.717, 1.165) is 19.0 Å². The van der Waals surface area contributed by atoms with Crippen LogP contribution < -0.4 is 10.6 Å². The van der Waals surface area contributed by atoms with E-state index in [1.54, 1.807) is 129 Å². The van der Waals surface area contributed by atoms with Gasteiger partial charge in [-0.25, -0.2) is 19.6 Å². The molecule has 2 aliphatic rings. The SMILES string of the molecule is CO[C@@H](C[C@@H](C)[C@@H](O)/C=C/C=C\CNC(=O)C(C)(C)[C@H](O)/C(C)=C/C=C/C=CCc1cnco1)[C@]1(O)[C@@H](C)C(=O)N(C)[C@]1(COC(=O)[C@@]1(CO)N(C)C(=O)[C@H](C)[C@@]1(O)[C@H](C[C@@H](C)[C@@H](O)/C=C/C=C/CNC(=O)C(C)(C)[C@H](O)\C(C)=C/C=C/C=C/Cc1cnco1)OC)C(=O)O. The molecular formula is C70H100N6O19. The lowest BCUT2D eigenvalue weighted by Gasteiger charge is -2.48. The molecule has 95 heavy (non-hydrogen) atoms. The number of amides is 4. The summed E-state index contributed by atoms with van der Waals surface area (Å²) in [4.78, 5) is 92.3. The number of carboxylic acid groups (broad SMARTS) is 1. The van der Waals surface area contributed by atoms with E-state index in [1.165, 1.54) is 65.2 Å². The van der Waals surface area contributed by atoms with Crippen LogP contribution in [0.3, 0.4) is 0 Å². The fourth-order valence-corrected chi connectivity index (χ4v) is 12.1. The van der Waals surface area contributed by atoms with Gasteiger partial charge in [0.25, 0.3) is 0 Å². The Morgan fingerprint density at radius 1 is 0.632 bits per heavy atom. The number of carboxylic acids is 1. The Labute approximate surface area is 556 Å². The van der Waals surface area contributed by atoms with Crippen molar-refractivity contribution in [3.63, 3.8) is 0 Å². The monoisotopic (exact) mass is 1330 g/mol. The minimum atomic E-state index is -2.83. The van der Waals surface area contributed by atoms with E-state index >= 15 is 0 Å². The molecular weight excluding hydrogens is 1230 g/mol. The fourth-order valence-electron chi connectivity index (χ4n) is 12.1. The molecule has 2 saturated heterocycles. The van der Waals surface area contributed by atoms with E-state index in [1.807, 2.05) is 24.3 Å². The summed E-state index contributed by atoms with van der Waals surface area (Å²) >= 11 is 0. The lowest BCUT2D eigenvalue weighted by atomic mass is 9.69. The summed E-state index contributed by atoms with van der Waals surface area (Å²) in [6.45, 7) is 13.2. The highest BCUT2D eigenvalue weighted by molar-refractivity contribution is 5.98.